The van der Waals surface area contributed by atoms with Crippen LogP contribution in [-0.2, 0) is 17.9 Å². The molecule has 0 aliphatic heterocycles. The molecular formula is C16H26N2OS. The fourth-order valence-corrected chi connectivity index (χ4v) is 3.07. The second-order valence-electron chi connectivity index (χ2n) is 5.96. The summed E-state index contributed by atoms with van der Waals surface area (Å²) in [6, 6.07) is 0.499. The van der Waals surface area contributed by atoms with E-state index in [-0.39, 0.29) is 0 Å². The highest BCUT2D eigenvalue weighted by molar-refractivity contribution is 7.09. The monoisotopic (exact) mass is 294 g/mol. The fourth-order valence-electron chi connectivity index (χ4n) is 2.34. The average Bonchev–Trinajstić information content (AvgIpc) is 2.87. The number of hydrogen-bond donors (Lipinski definition) is 1. The van der Waals surface area contributed by atoms with Crippen molar-refractivity contribution in [3.63, 3.8) is 0 Å². The van der Waals surface area contributed by atoms with E-state index in [4.69, 9.17) is 4.74 Å². The van der Waals surface area contributed by atoms with Gasteiger partial charge in [-0.1, -0.05) is 32.9 Å². The highest BCUT2D eigenvalue weighted by atomic mass is 32.1. The van der Waals surface area contributed by atoms with Gasteiger partial charge >= 0.3 is 0 Å². The maximum Gasteiger partial charge on any atom is 0.107 e. The van der Waals surface area contributed by atoms with Crippen LogP contribution >= 0.6 is 11.3 Å². The van der Waals surface area contributed by atoms with Crippen LogP contribution in [0.4, 0.5) is 0 Å². The minimum absolute atomic E-state index is 0.499. The van der Waals surface area contributed by atoms with Crippen LogP contribution in [0.3, 0.4) is 0 Å². The van der Waals surface area contributed by atoms with E-state index in [1.165, 1.54) is 6.42 Å². The number of rotatable bonds is 7. The molecule has 20 heavy (non-hydrogen) atoms. The highest BCUT2D eigenvalue weighted by Gasteiger charge is 2.18. The maximum absolute atomic E-state index is 5.86. The van der Waals surface area contributed by atoms with Gasteiger partial charge in [-0.15, -0.1) is 11.3 Å². The molecule has 1 aromatic heterocycles. The number of allylic oxidation sites excluding steroid dienone is 2. The number of thiazole rings is 1. The predicted octanol–water partition coefficient (Wildman–Crippen LogP) is 3.76. The van der Waals surface area contributed by atoms with E-state index in [2.05, 4.69) is 48.6 Å². The van der Waals surface area contributed by atoms with E-state index in [0.29, 0.717) is 18.6 Å². The molecule has 2 unspecified atom stereocenters. The normalized spacial score (nSPS) is 22.6. The lowest BCUT2D eigenvalue weighted by Gasteiger charge is -2.24. The lowest BCUT2D eigenvalue weighted by molar-refractivity contribution is 0.0664. The molecule has 1 N–H and O–H groups in total. The van der Waals surface area contributed by atoms with E-state index >= 15 is 0 Å². The summed E-state index contributed by atoms with van der Waals surface area (Å²) >= 11 is 1.71. The smallest absolute Gasteiger partial charge is 0.107 e. The van der Waals surface area contributed by atoms with Gasteiger partial charge in [0.25, 0.3) is 0 Å². The Morgan fingerprint density at radius 2 is 2.20 bits per heavy atom. The number of nitrogens with one attached hydrogen (secondary N) is 1. The van der Waals surface area contributed by atoms with Gasteiger partial charge in [0.05, 0.1) is 18.9 Å². The van der Waals surface area contributed by atoms with Crippen LogP contribution in [-0.4, -0.2) is 17.6 Å². The van der Waals surface area contributed by atoms with E-state index in [0.717, 1.165) is 36.2 Å². The van der Waals surface area contributed by atoms with Gasteiger partial charge in [0.15, 0.2) is 0 Å². The minimum Gasteiger partial charge on any atom is -0.375 e. The topological polar surface area (TPSA) is 34.2 Å². The maximum atomic E-state index is 5.86. The Labute approximate surface area is 126 Å². The van der Waals surface area contributed by atoms with E-state index in [9.17, 15) is 0 Å². The molecule has 1 aliphatic rings. The fraction of sp³-hybridized carbons (Fsp3) is 0.688. The zero-order chi connectivity index (χ0) is 14.4. The van der Waals surface area contributed by atoms with Crippen LogP contribution in [0.5, 0.6) is 0 Å². The summed E-state index contributed by atoms with van der Waals surface area (Å²) in [5, 5.41) is 6.65. The highest BCUT2D eigenvalue weighted by Crippen LogP contribution is 2.25. The molecule has 0 saturated carbocycles. The van der Waals surface area contributed by atoms with Gasteiger partial charge in [0.2, 0.25) is 0 Å². The summed E-state index contributed by atoms with van der Waals surface area (Å²) in [4.78, 5) is 4.60. The van der Waals surface area contributed by atoms with Crippen LogP contribution in [0.2, 0.25) is 0 Å². The quantitative estimate of drug-likeness (QED) is 0.778. The van der Waals surface area contributed by atoms with Crippen LogP contribution < -0.4 is 5.32 Å². The van der Waals surface area contributed by atoms with Crippen molar-refractivity contribution < 1.29 is 4.74 Å². The van der Waals surface area contributed by atoms with Crippen molar-refractivity contribution >= 4 is 11.3 Å². The van der Waals surface area contributed by atoms with Gasteiger partial charge in [-0.05, 0) is 24.7 Å². The molecular weight excluding hydrogens is 268 g/mol. The summed E-state index contributed by atoms with van der Waals surface area (Å²) < 4.78 is 5.86. The molecule has 0 spiro atoms. The summed E-state index contributed by atoms with van der Waals surface area (Å²) in [5.41, 5.74) is 1.06. The predicted molar refractivity (Wildman–Crippen MR) is 84.8 cm³/mol. The second-order valence-corrected chi connectivity index (χ2v) is 6.91. The Balaban J connectivity index is 1.70. The first-order chi connectivity index (χ1) is 9.65. The van der Waals surface area contributed by atoms with E-state index in [1.54, 1.807) is 11.3 Å². The van der Waals surface area contributed by atoms with Crippen LogP contribution in [0.25, 0.3) is 0 Å². The van der Waals surface area contributed by atoms with Crippen molar-refractivity contribution in [2.75, 3.05) is 6.61 Å². The largest absolute Gasteiger partial charge is 0.375 e. The SMILES string of the molecule is CC(C)NCc1nc(COCC2CC=CCC2C)cs1. The van der Waals surface area contributed by atoms with Crippen molar-refractivity contribution in [1.82, 2.24) is 10.3 Å². The minimum atomic E-state index is 0.499. The van der Waals surface area contributed by atoms with E-state index < -0.39 is 0 Å². The number of hydrogen-bond acceptors (Lipinski definition) is 4. The second kappa shape index (κ2) is 7.91. The summed E-state index contributed by atoms with van der Waals surface area (Å²) in [6.07, 6.45) is 6.92. The Morgan fingerprint density at radius 3 is 2.95 bits per heavy atom. The Hall–Kier alpha value is -0.710. The summed E-state index contributed by atoms with van der Waals surface area (Å²) in [7, 11) is 0. The van der Waals surface area contributed by atoms with Gasteiger partial charge < -0.3 is 10.1 Å². The third-order valence-corrected chi connectivity index (χ3v) is 4.66. The zero-order valence-corrected chi connectivity index (χ0v) is 13.6. The number of aromatic nitrogens is 1. The molecule has 2 rings (SSSR count). The van der Waals surface area contributed by atoms with Gasteiger partial charge in [0.1, 0.15) is 5.01 Å². The van der Waals surface area contributed by atoms with Crippen LogP contribution in [0.15, 0.2) is 17.5 Å². The average molecular weight is 294 g/mol. The molecule has 0 aromatic carbocycles. The lowest BCUT2D eigenvalue weighted by atomic mass is 9.85. The molecule has 0 bridgehead atoms. The first kappa shape index (κ1) is 15.7. The van der Waals surface area contributed by atoms with Gasteiger partial charge in [-0.25, -0.2) is 4.98 Å². The van der Waals surface area contributed by atoms with Crippen molar-refractivity contribution in [2.45, 2.75) is 52.8 Å². The molecule has 112 valence electrons. The van der Waals surface area contributed by atoms with Gasteiger partial charge in [-0.2, -0.15) is 0 Å². The molecule has 0 radical (unpaired) electrons. The van der Waals surface area contributed by atoms with E-state index in [1.807, 2.05) is 0 Å². The zero-order valence-electron chi connectivity index (χ0n) is 12.8. The Bertz CT molecular complexity index is 428. The van der Waals surface area contributed by atoms with Crippen LogP contribution in [0, 0.1) is 11.8 Å². The summed E-state index contributed by atoms with van der Waals surface area (Å²) in [6.45, 7) is 8.96. The third kappa shape index (κ3) is 5.00. The Morgan fingerprint density at radius 1 is 1.40 bits per heavy atom. The molecule has 2 atom stereocenters. The standard InChI is InChI=1S/C16H26N2OS/c1-12(2)17-8-16-18-15(11-20-16)10-19-9-14-7-5-4-6-13(14)3/h4-5,11-14,17H,6-10H2,1-3H3. The lowest BCUT2D eigenvalue weighted by Crippen LogP contribution is -2.21. The van der Waals surface area contributed by atoms with Crippen molar-refractivity contribution in [3.05, 3.63) is 28.2 Å². The first-order valence-electron chi connectivity index (χ1n) is 7.54. The summed E-state index contributed by atoms with van der Waals surface area (Å²) in [5.74, 6) is 1.40. The molecule has 1 aliphatic carbocycles. The molecule has 4 heteroatoms. The third-order valence-electron chi connectivity index (χ3n) is 3.76. The molecule has 1 aromatic rings. The molecule has 0 amide bonds. The molecule has 3 nitrogen and oxygen atoms in total. The van der Waals surface area contributed by atoms with Crippen molar-refractivity contribution in [1.29, 1.82) is 0 Å². The molecule has 0 fully saturated rings. The number of ether oxygens (including phenoxy) is 1. The Kier molecular flexibility index (Phi) is 6.20. The molecule has 1 heterocycles. The van der Waals surface area contributed by atoms with Gasteiger partial charge in [-0.3, -0.25) is 0 Å². The van der Waals surface area contributed by atoms with Crippen molar-refractivity contribution in [2.24, 2.45) is 11.8 Å². The van der Waals surface area contributed by atoms with Gasteiger partial charge in [0, 0.05) is 18.0 Å². The van der Waals surface area contributed by atoms with Crippen LogP contribution in [0.1, 0.15) is 44.3 Å². The van der Waals surface area contributed by atoms with Crippen molar-refractivity contribution in [3.8, 4) is 0 Å². The number of nitrogens with zero attached hydrogens (tertiary/aromatic N) is 1. The first-order valence-corrected chi connectivity index (χ1v) is 8.42. The molecule has 0 saturated heterocycles.